The second-order valence-electron chi connectivity index (χ2n) is 5.51. The lowest BCUT2D eigenvalue weighted by atomic mass is 10.0. The van der Waals surface area contributed by atoms with Crippen LogP contribution in [0.3, 0.4) is 0 Å². The van der Waals surface area contributed by atoms with E-state index in [1.54, 1.807) is 4.68 Å². The minimum Gasteiger partial charge on any atom is -0.265 e. The smallest absolute Gasteiger partial charge is 0.135 e. The number of hydrogen-bond acceptors (Lipinski definition) is 2. The SMILES string of the molecule is Cc1nn(C)c2c1nc(-c1c(F)cccc1F)c1ccccc12. The molecule has 0 aliphatic rings. The van der Waals surface area contributed by atoms with Gasteiger partial charge in [-0.05, 0) is 19.1 Å². The zero-order valence-corrected chi connectivity index (χ0v) is 12.6. The lowest BCUT2D eigenvalue weighted by molar-refractivity contribution is 0.589. The van der Waals surface area contributed by atoms with Crippen LogP contribution in [0.4, 0.5) is 8.78 Å². The van der Waals surface area contributed by atoms with Crippen molar-refractivity contribution in [3.05, 3.63) is 59.8 Å². The van der Waals surface area contributed by atoms with E-state index in [1.165, 1.54) is 18.2 Å². The number of aryl methyl sites for hydroxylation is 2. The first-order valence-corrected chi connectivity index (χ1v) is 7.24. The van der Waals surface area contributed by atoms with Gasteiger partial charge in [0.2, 0.25) is 0 Å². The molecule has 0 spiro atoms. The van der Waals surface area contributed by atoms with Crippen molar-refractivity contribution in [1.29, 1.82) is 0 Å². The second-order valence-corrected chi connectivity index (χ2v) is 5.51. The number of benzene rings is 2. The van der Waals surface area contributed by atoms with Gasteiger partial charge in [0.15, 0.2) is 0 Å². The Morgan fingerprint density at radius 2 is 1.57 bits per heavy atom. The molecule has 0 N–H and O–H groups in total. The van der Waals surface area contributed by atoms with E-state index in [-0.39, 0.29) is 5.56 Å². The summed E-state index contributed by atoms with van der Waals surface area (Å²) in [7, 11) is 1.84. The monoisotopic (exact) mass is 309 g/mol. The third kappa shape index (κ3) is 1.93. The van der Waals surface area contributed by atoms with Gasteiger partial charge < -0.3 is 0 Å². The lowest BCUT2D eigenvalue weighted by Gasteiger charge is -2.10. The van der Waals surface area contributed by atoms with Crippen LogP contribution in [-0.4, -0.2) is 14.8 Å². The first-order chi connectivity index (χ1) is 11.1. The number of fused-ring (bicyclic) bond motifs is 3. The Labute approximate surface area is 131 Å². The summed E-state index contributed by atoms with van der Waals surface area (Å²) >= 11 is 0. The van der Waals surface area contributed by atoms with Crippen LogP contribution in [0.1, 0.15) is 5.69 Å². The van der Waals surface area contributed by atoms with Crippen LogP contribution in [-0.2, 0) is 7.05 Å². The number of nitrogens with zero attached hydrogens (tertiary/aromatic N) is 3. The van der Waals surface area contributed by atoms with Gasteiger partial charge in [-0.2, -0.15) is 5.10 Å². The molecule has 2 aromatic carbocycles. The normalized spacial score (nSPS) is 11.5. The number of halogens is 2. The zero-order chi connectivity index (χ0) is 16.1. The Bertz CT molecular complexity index is 1050. The highest BCUT2D eigenvalue weighted by atomic mass is 19.1. The summed E-state index contributed by atoms with van der Waals surface area (Å²) in [6.07, 6.45) is 0. The molecule has 0 unspecified atom stereocenters. The van der Waals surface area contributed by atoms with E-state index in [9.17, 15) is 8.78 Å². The van der Waals surface area contributed by atoms with Gasteiger partial charge in [-0.1, -0.05) is 30.3 Å². The Balaban J connectivity index is 2.25. The van der Waals surface area contributed by atoms with Gasteiger partial charge >= 0.3 is 0 Å². The molecule has 0 aliphatic heterocycles. The van der Waals surface area contributed by atoms with Crippen molar-refractivity contribution in [3.8, 4) is 11.3 Å². The highest BCUT2D eigenvalue weighted by Gasteiger charge is 2.19. The molecule has 5 heteroatoms. The molecular formula is C18H13F2N3. The van der Waals surface area contributed by atoms with Crippen LogP contribution >= 0.6 is 0 Å². The summed E-state index contributed by atoms with van der Waals surface area (Å²) in [6.45, 7) is 1.84. The summed E-state index contributed by atoms with van der Waals surface area (Å²) in [5.41, 5.74) is 2.45. The fourth-order valence-electron chi connectivity index (χ4n) is 3.07. The highest BCUT2D eigenvalue weighted by molar-refractivity contribution is 6.10. The van der Waals surface area contributed by atoms with Crippen LogP contribution in [0.5, 0.6) is 0 Å². The average Bonchev–Trinajstić information content (AvgIpc) is 2.82. The van der Waals surface area contributed by atoms with Crippen molar-refractivity contribution >= 4 is 21.8 Å². The van der Waals surface area contributed by atoms with E-state index in [0.29, 0.717) is 16.6 Å². The Morgan fingerprint density at radius 1 is 0.913 bits per heavy atom. The van der Waals surface area contributed by atoms with Crippen molar-refractivity contribution in [2.24, 2.45) is 7.05 Å². The van der Waals surface area contributed by atoms with Crippen LogP contribution < -0.4 is 0 Å². The van der Waals surface area contributed by atoms with Gasteiger partial charge in [-0.15, -0.1) is 0 Å². The molecule has 0 atom stereocenters. The van der Waals surface area contributed by atoms with Gasteiger partial charge in [0.1, 0.15) is 17.2 Å². The maximum atomic E-state index is 14.3. The van der Waals surface area contributed by atoms with E-state index in [1.807, 2.05) is 38.2 Å². The van der Waals surface area contributed by atoms with Crippen molar-refractivity contribution in [2.45, 2.75) is 6.92 Å². The van der Waals surface area contributed by atoms with E-state index < -0.39 is 11.6 Å². The molecule has 0 radical (unpaired) electrons. The molecule has 4 aromatic rings. The van der Waals surface area contributed by atoms with Crippen LogP contribution in [0.2, 0.25) is 0 Å². The molecule has 114 valence electrons. The molecule has 2 heterocycles. The highest BCUT2D eigenvalue weighted by Crippen LogP contribution is 2.35. The fraction of sp³-hybridized carbons (Fsp3) is 0.111. The van der Waals surface area contributed by atoms with Gasteiger partial charge in [-0.25, -0.2) is 13.8 Å². The summed E-state index contributed by atoms with van der Waals surface area (Å²) < 4.78 is 30.3. The summed E-state index contributed by atoms with van der Waals surface area (Å²) in [6, 6.07) is 11.3. The first kappa shape index (κ1) is 13.8. The van der Waals surface area contributed by atoms with E-state index in [4.69, 9.17) is 0 Å². The predicted octanol–water partition coefficient (Wildman–Crippen LogP) is 4.38. The summed E-state index contributed by atoms with van der Waals surface area (Å²) in [4.78, 5) is 4.55. The fourth-order valence-corrected chi connectivity index (χ4v) is 3.07. The number of rotatable bonds is 1. The zero-order valence-electron chi connectivity index (χ0n) is 12.6. The minimum absolute atomic E-state index is 0.103. The molecule has 2 aromatic heterocycles. The van der Waals surface area contributed by atoms with Gasteiger partial charge in [-0.3, -0.25) is 4.68 Å². The molecule has 23 heavy (non-hydrogen) atoms. The molecule has 0 bridgehead atoms. The van der Waals surface area contributed by atoms with E-state index in [0.717, 1.165) is 16.6 Å². The predicted molar refractivity (Wildman–Crippen MR) is 86.1 cm³/mol. The van der Waals surface area contributed by atoms with Crippen molar-refractivity contribution in [3.63, 3.8) is 0 Å². The Hall–Kier alpha value is -2.82. The van der Waals surface area contributed by atoms with E-state index >= 15 is 0 Å². The molecule has 3 nitrogen and oxygen atoms in total. The van der Waals surface area contributed by atoms with Crippen LogP contribution in [0.25, 0.3) is 33.1 Å². The van der Waals surface area contributed by atoms with Crippen molar-refractivity contribution < 1.29 is 8.78 Å². The molecule has 0 saturated carbocycles. The largest absolute Gasteiger partial charge is 0.265 e. The molecule has 0 fully saturated rings. The summed E-state index contributed by atoms with van der Waals surface area (Å²) in [5, 5.41) is 5.96. The average molecular weight is 309 g/mol. The Kier molecular flexibility index (Phi) is 2.91. The van der Waals surface area contributed by atoms with Crippen molar-refractivity contribution in [1.82, 2.24) is 14.8 Å². The first-order valence-electron chi connectivity index (χ1n) is 7.24. The molecule has 0 saturated heterocycles. The number of aromatic nitrogens is 3. The molecule has 0 amide bonds. The maximum absolute atomic E-state index is 14.3. The van der Waals surface area contributed by atoms with E-state index in [2.05, 4.69) is 10.1 Å². The molecule has 0 aliphatic carbocycles. The number of hydrogen-bond donors (Lipinski definition) is 0. The second kappa shape index (κ2) is 4.84. The third-order valence-electron chi connectivity index (χ3n) is 4.05. The maximum Gasteiger partial charge on any atom is 0.135 e. The minimum atomic E-state index is -0.622. The summed E-state index contributed by atoms with van der Waals surface area (Å²) in [5.74, 6) is -1.24. The van der Waals surface area contributed by atoms with Crippen molar-refractivity contribution in [2.75, 3.05) is 0 Å². The quantitative estimate of drug-likeness (QED) is 0.522. The third-order valence-corrected chi connectivity index (χ3v) is 4.05. The molecular weight excluding hydrogens is 296 g/mol. The molecule has 4 rings (SSSR count). The number of pyridine rings is 1. The van der Waals surface area contributed by atoms with Crippen LogP contribution in [0.15, 0.2) is 42.5 Å². The van der Waals surface area contributed by atoms with Gasteiger partial charge in [0.25, 0.3) is 0 Å². The standard InChI is InChI=1S/C18H13F2N3/c1-10-16-18(23(2)22-10)12-7-4-3-6-11(12)17(21-16)15-13(19)8-5-9-14(15)20/h3-9H,1-2H3. The lowest BCUT2D eigenvalue weighted by Crippen LogP contribution is -1.96. The topological polar surface area (TPSA) is 30.7 Å². The van der Waals surface area contributed by atoms with Crippen LogP contribution in [0, 0.1) is 18.6 Å². The van der Waals surface area contributed by atoms with Gasteiger partial charge in [0.05, 0.1) is 22.5 Å². The van der Waals surface area contributed by atoms with Gasteiger partial charge in [0, 0.05) is 17.8 Å². The Morgan fingerprint density at radius 3 is 2.26 bits per heavy atom.